The van der Waals surface area contributed by atoms with Crippen molar-refractivity contribution in [1.82, 2.24) is 5.32 Å². The Labute approximate surface area is 126 Å². The Hall–Kier alpha value is -1.79. The molecular formula is C18H23NO2. The van der Waals surface area contributed by atoms with Crippen LogP contribution in [-0.2, 0) is 0 Å². The Morgan fingerprint density at radius 3 is 2.95 bits per heavy atom. The van der Waals surface area contributed by atoms with E-state index >= 15 is 0 Å². The summed E-state index contributed by atoms with van der Waals surface area (Å²) in [6.45, 7) is 2.78. The number of hydrogen-bond donors (Lipinski definition) is 2. The lowest BCUT2D eigenvalue weighted by Gasteiger charge is -2.06. The third-order valence-electron chi connectivity index (χ3n) is 3.73. The van der Waals surface area contributed by atoms with Crippen molar-refractivity contribution in [1.29, 1.82) is 0 Å². The SMILES string of the molecule is Cc1ccc(C(=O)NCCCC2CC2)cc1C#CCCO. The maximum atomic E-state index is 12.1. The number of benzene rings is 1. The van der Waals surface area contributed by atoms with Crippen LogP contribution < -0.4 is 5.32 Å². The van der Waals surface area contributed by atoms with Gasteiger partial charge in [0.05, 0.1) is 6.61 Å². The normalized spacial score (nSPS) is 13.4. The number of aliphatic hydroxyl groups excluding tert-OH is 1. The van der Waals surface area contributed by atoms with Gasteiger partial charge < -0.3 is 10.4 Å². The monoisotopic (exact) mass is 285 g/mol. The molecule has 2 N–H and O–H groups in total. The lowest BCUT2D eigenvalue weighted by molar-refractivity contribution is 0.0952. The zero-order valence-corrected chi connectivity index (χ0v) is 12.6. The predicted octanol–water partition coefficient (Wildman–Crippen LogP) is 2.65. The fourth-order valence-electron chi connectivity index (χ4n) is 2.21. The molecule has 0 aliphatic heterocycles. The smallest absolute Gasteiger partial charge is 0.251 e. The first-order chi connectivity index (χ1) is 10.2. The quantitative estimate of drug-likeness (QED) is 0.623. The summed E-state index contributed by atoms with van der Waals surface area (Å²) in [6.07, 6.45) is 5.47. The molecule has 1 saturated carbocycles. The van der Waals surface area contributed by atoms with E-state index in [0.29, 0.717) is 12.0 Å². The number of aryl methyl sites for hydroxylation is 1. The summed E-state index contributed by atoms with van der Waals surface area (Å²) >= 11 is 0. The first-order valence-corrected chi connectivity index (χ1v) is 7.69. The van der Waals surface area contributed by atoms with E-state index in [-0.39, 0.29) is 12.5 Å². The molecule has 1 aliphatic carbocycles. The van der Waals surface area contributed by atoms with Crippen molar-refractivity contribution in [3.8, 4) is 11.8 Å². The molecule has 2 rings (SSSR count). The van der Waals surface area contributed by atoms with Crippen molar-refractivity contribution >= 4 is 5.91 Å². The van der Waals surface area contributed by atoms with Crippen LogP contribution in [0.4, 0.5) is 0 Å². The highest BCUT2D eigenvalue weighted by Crippen LogP contribution is 2.33. The molecule has 21 heavy (non-hydrogen) atoms. The molecule has 0 spiro atoms. The maximum Gasteiger partial charge on any atom is 0.251 e. The Morgan fingerprint density at radius 1 is 1.43 bits per heavy atom. The van der Waals surface area contributed by atoms with Gasteiger partial charge in [-0.15, -0.1) is 0 Å². The maximum absolute atomic E-state index is 12.1. The van der Waals surface area contributed by atoms with Gasteiger partial charge in [0.2, 0.25) is 0 Å². The van der Waals surface area contributed by atoms with E-state index in [2.05, 4.69) is 17.2 Å². The molecule has 112 valence electrons. The summed E-state index contributed by atoms with van der Waals surface area (Å²) in [5, 5.41) is 11.7. The standard InChI is InChI=1S/C18H23NO2/c1-14-7-10-17(13-16(14)6-2-3-12-20)18(21)19-11-4-5-15-8-9-15/h7,10,13,15,20H,3-5,8-9,11-12H2,1H3,(H,19,21). The molecule has 1 aliphatic rings. The summed E-state index contributed by atoms with van der Waals surface area (Å²) in [7, 11) is 0. The molecular weight excluding hydrogens is 262 g/mol. The van der Waals surface area contributed by atoms with Crippen molar-refractivity contribution < 1.29 is 9.90 Å². The van der Waals surface area contributed by atoms with Gasteiger partial charge in [-0.25, -0.2) is 0 Å². The molecule has 0 heterocycles. The summed E-state index contributed by atoms with van der Waals surface area (Å²) in [6, 6.07) is 5.58. The largest absolute Gasteiger partial charge is 0.395 e. The van der Waals surface area contributed by atoms with E-state index < -0.39 is 0 Å². The van der Waals surface area contributed by atoms with Crippen LogP contribution in [0.25, 0.3) is 0 Å². The van der Waals surface area contributed by atoms with Gasteiger partial charge in [-0.1, -0.05) is 30.7 Å². The minimum Gasteiger partial charge on any atom is -0.395 e. The minimum atomic E-state index is -0.0315. The third-order valence-corrected chi connectivity index (χ3v) is 3.73. The van der Waals surface area contributed by atoms with Crippen molar-refractivity contribution in [3.05, 3.63) is 34.9 Å². The Bertz CT molecular complexity index is 550. The zero-order chi connectivity index (χ0) is 15.1. The van der Waals surface area contributed by atoms with Gasteiger partial charge in [0.15, 0.2) is 0 Å². The van der Waals surface area contributed by atoms with Gasteiger partial charge in [-0.05, 0) is 43.4 Å². The fourth-order valence-corrected chi connectivity index (χ4v) is 2.21. The first-order valence-electron chi connectivity index (χ1n) is 7.69. The van der Waals surface area contributed by atoms with Gasteiger partial charge in [0.25, 0.3) is 5.91 Å². The third kappa shape index (κ3) is 5.24. The first kappa shape index (κ1) is 15.6. The predicted molar refractivity (Wildman–Crippen MR) is 84.1 cm³/mol. The van der Waals surface area contributed by atoms with Crippen LogP contribution >= 0.6 is 0 Å². The Kier molecular flexibility index (Phi) is 5.83. The summed E-state index contributed by atoms with van der Waals surface area (Å²) in [5.74, 6) is 6.79. The molecule has 0 atom stereocenters. The van der Waals surface area contributed by atoms with Crippen molar-refractivity contribution in [2.24, 2.45) is 5.92 Å². The number of carbonyl (C=O) groups is 1. The molecule has 1 amide bonds. The van der Waals surface area contributed by atoms with Gasteiger partial charge in [-0.2, -0.15) is 0 Å². The van der Waals surface area contributed by atoms with Crippen LogP contribution in [0.15, 0.2) is 18.2 Å². The highest BCUT2D eigenvalue weighted by molar-refractivity contribution is 5.94. The number of amides is 1. The fraction of sp³-hybridized carbons (Fsp3) is 0.500. The highest BCUT2D eigenvalue weighted by Gasteiger charge is 2.20. The lowest BCUT2D eigenvalue weighted by atomic mass is 10.0. The minimum absolute atomic E-state index is 0.0315. The molecule has 1 aromatic rings. The second-order valence-electron chi connectivity index (χ2n) is 5.65. The molecule has 3 heteroatoms. The number of carbonyl (C=O) groups excluding carboxylic acids is 1. The van der Waals surface area contributed by atoms with Crippen LogP contribution in [0.3, 0.4) is 0 Å². The van der Waals surface area contributed by atoms with Gasteiger partial charge >= 0.3 is 0 Å². The van der Waals surface area contributed by atoms with Gasteiger partial charge in [0.1, 0.15) is 0 Å². The molecule has 0 aromatic heterocycles. The summed E-state index contributed by atoms with van der Waals surface area (Å²) in [4.78, 5) is 12.1. The van der Waals surface area contributed by atoms with E-state index in [0.717, 1.165) is 30.0 Å². The summed E-state index contributed by atoms with van der Waals surface area (Å²) in [5.41, 5.74) is 2.56. The Morgan fingerprint density at radius 2 is 2.24 bits per heavy atom. The number of nitrogens with one attached hydrogen (secondary N) is 1. The van der Waals surface area contributed by atoms with E-state index in [1.807, 2.05) is 25.1 Å². The number of aliphatic hydroxyl groups is 1. The average Bonchev–Trinajstić information content (AvgIpc) is 3.30. The molecule has 1 fully saturated rings. The van der Waals surface area contributed by atoms with Crippen LogP contribution in [0.5, 0.6) is 0 Å². The van der Waals surface area contributed by atoms with Crippen LogP contribution in [0.1, 0.15) is 53.6 Å². The van der Waals surface area contributed by atoms with E-state index in [1.165, 1.54) is 19.3 Å². The summed E-state index contributed by atoms with van der Waals surface area (Å²) < 4.78 is 0. The van der Waals surface area contributed by atoms with Crippen molar-refractivity contribution in [2.45, 2.75) is 39.0 Å². The van der Waals surface area contributed by atoms with Gasteiger partial charge in [0, 0.05) is 24.1 Å². The van der Waals surface area contributed by atoms with Crippen molar-refractivity contribution in [2.75, 3.05) is 13.2 Å². The molecule has 0 unspecified atom stereocenters. The molecule has 3 nitrogen and oxygen atoms in total. The zero-order valence-electron chi connectivity index (χ0n) is 12.6. The topological polar surface area (TPSA) is 49.3 Å². The van der Waals surface area contributed by atoms with Gasteiger partial charge in [-0.3, -0.25) is 4.79 Å². The highest BCUT2D eigenvalue weighted by atomic mass is 16.2. The molecule has 0 bridgehead atoms. The average molecular weight is 285 g/mol. The van der Waals surface area contributed by atoms with Crippen molar-refractivity contribution in [3.63, 3.8) is 0 Å². The second-order valence-corrected chi connectivity index (χ2v) is 5.65. The molecule has 0 radical (unpaired) electrons. The van der Waals surface area contributed by atoms with E-state index in [9.17, 15) is 4.79 Å². The number of rotatable bonds is 6. The second kappa shape index (κ2) is 7.85. The van der Waals surface area contributed by atoms with E-state index in [1.54, 1.807) is 0 Å². The lowest BCUT2D eigenvalue weighted by Crippen LogP contribution is -2.24. The van der Waals surface area contributed by atoms with Crippen LogP contribution in [0, 0.1) is 24.7 Å². The van der Waals surface area contributed by atoms with E-state index in [4.69, 9.17) is 5.11 Å². The van der Waals surface area contributed by atoms with Crippen LogP contribution in [-0.4, -0.2) is 24.2 Å². The Balaban J connectivity index is 1.90. The van der Waals surface area contributed by atoms with Crippen LogP contribution in [0.2, 0.25) is 0 Å². The molecule has 0 saturated heterocycles. The molecule has 1 aromatic carbocycles. The number of hydrogen-bond acceptors (Lipinski definition) is 2.